The van der Waals surface area contributed by atoms with Gasteiger partial charge in [-0.2, -0.15) is 0 Å². The van der Waals surface area contributed by atoms with E-state index < -0.39 is 0 Å². The summed E-state index contributed by atoms with van der Waals surface area (Å²) in [7, 11) is 1.55. The molecule has 0 aliphatic carbocycles. The minimum absolute atomic E-state index is 0.209. The van der Waals surface area contributed by atoms with Crippen molar-refractivity contribution in [1.82, 2.24) is 14.9 Å². The quantitative estimate of drug-likeness (QED) is 0.720. The van der Waals surface area contributed by atoms with E-state index in [0.717, 1.165) is 22.7 Å². The highest BCUT2D eigenvalue weighted by Gasteiger charge is 2.26. The van der Waals surface area contributed by atoms with Crippen LogP contribution in [0.5, 0.6) is 11.5 Å². The normalized spacial score (nSPS) is 15.5. The number of rotatable bonds is 4. The molecule has 144 valence electrons. The summed E-state index contributed by atoms with van der Waals surface area (Å²) in [6, 6.07) is 9.78. The molecular weight excluding hydrogens is 381 g/mol. The van der Waals surface area contributed by atoms with Crippen molar-refractivity contribution in [3.8, 4) is 22.6 Å². The van der Waals surface area contributed by atoms with Crippen LogP contribution in [-0.4, -0.2) is 29.2 Å². The molecule has 0 spiro atoms. The predicted molar refractivity (Wildman–Crippen MR) is 103 cm³/mol. The Bertz CT molecular complexity index is 1040. The van der Waals surface area contributed by atoms with E-state index in [1.807, 2.05) is 18.2 Å². The van der Waals surface area contributed by atoms with E-state index in [4.69, 9.17) is 9.47 Å². The number of hydrogen-bond acceptors (Lipinski definition) is 6. The van der Waals surface area contributed by atoms with Gasteiger partial charge in [-0.15, -0.1) is 5.10 Å². The summed E-state index contributed by atoms with van der Waals surface area (Å²) in [4.78, 5) is 13.1. The first-order valence-electron chi connectivity index (χ1n) is 8.77. The van der Waals surface area contributed by atoms with Crippen LogP contribution in [0.1, 0.15) is 33.4 Å². The molecule has 1 aliphatic rings. The number of fused-ring (bicyclic) bond motifs is 1. The summed E-state index contributed by atoms with van der Waals surface area (Å²) in [6.07, 6.45) is 0.633. The number of nitrogens with zero attached hydrogens (tertiary/aromatic N) is 2. The van der Waals surface area contributed by atoms with Gasteiger partial charge in [-0.25, -0.2) is 4.39 Å². The molecule has 0 saturated carbocycles. The lowest BCUT2D eigenvalue weighted by Gasteiger charge is -2.27. The number of hydrogen-bond donors (Lipinski definition) is 1. The monoisotopic (exact) mass is 399 g/mol. The van der Waals surface area contributed by atoms with Gasteiger partial charge in [0.2, 0.25) is 0 Å². The molecule has 1 aliphatic heterocycles. The Kier molecular flexibility index (Phi) is 4.95. The topological polar surface area (TPSA) is 73.3 Å². The fraction of sp³-hybridized carbons (Fsp3) is 0.250. The summed E-state index contributed by atoms with van der Waals surface area (Å²) in [6.45, 7) is 2.26. The molecule has 0 radical (unpaired) electrons. The minimum atomic E-state index is -0.345. The van der Waals surface area contributed by atoms with Crippen LogP contribution in [0, 0.1) is 12.7 Å². The Morgan fingerprint density at radius 1 is 1.32 bits per heavy atom. The molecule has 1 amide bonds. The lowest BCUT2D eigenvalue weighted by molar-refractivity contribution is 0.0928. The average molecular weight is 399 g/mol. The Labute approximate surface area is 165 Å². The van der Waals surface area contributed by atoms with Crippen LogP contribution >= 0.6 is 11.5 Å². The van der Waals surface area contributed by atoms with Crippen LogP contribution in [0.3, 0.4) is 0 Å². The molecule has 1 atom stereocenters. The molecule has 6 nitrogen and oxygen atoms in total. The van der Waals surface area contributed by atoms with Gasteiger partial charge in [-0.3, -0.25) is 4.79 Å². The predicted octanol–water partition coefficient (Wildman–Crippen LogP) is 3.91. The second kappa shape index (κ2) is 7.55. The Hall–Kier alpha value is -3.00. The first kappa shape index (κ1) is 18.4. The first-order chi connectivity index (χ1) is 13.6. The molecule has 0 bridgehead atoms. The average Bonchev–Trinajstić information content (AvgIpc) is 3.14. The minimum Gasteiger partial charge on any atom is -0.496 e. The molecular formula is C20H18FN3O3S. The Balaban J connectivity index is 1.69. The molecule has 1 N–H and O–H groups in total. The van der Waals surface area contributed by atoms with Crippen molar-refractivity contribution in [1.29, 1.82) is 0 Å². The third-order valence-corrected chi connectivity index (χ3v) is 5.51. The van der Waals surface area contributed by atoms with Gasteiger partial charge in [0.15, 0.2) is 0 Å². The standard InChI is InChI=1S/C20H18FN3O3S/c1-11-19(28-24-23-11)20(25)22-16-7-8-27-18-5-3-12(9-15(16)18)14-10-13(21)4-6-17(14)26-2/h3-6,9-10,16H,7-8H2,1-2H3,(H,22,25). The van der Waals surface area contributed by atoms with Gasteiger partial charge in [-0.1, -0.05) is 10.6 Å². The maximum Gasteiger partial charge on any atom is 0.265 e. The van der Waals surface area contributed by atoms with Crippen molar-refractivity contribution in [2.24, 2.45) is 0 Å². The zero-order valence-electron chi connectivity index (χ0n) is 15.4. The highest BCUT2D eigenvalue weighted by atomic mass is 32.1. The summed E-state index contributed by atoms with van der Waals surface area (Å²) < 4.78 is 28.7. The third kappa shape index (κ3) is 3.43. The summed E-state index contributed by atoms with van der Waals surface area (Å²) >= 11 is 1.07. The summed E-state index contributed by atoms with van der Waals surface area (Å²) in [5.74, 6) is 0.724. The van der Waals surface area contributed by atoms with Gasteiger partial charge < -0.3 is 14.8 Å². The second-order valence-electron chi connectivity index (χ2n) is 6.45. The zero-order chi connectivity index (χ0) is 19.7. The van der Waals surface area contributed by atoms with Crippen LogP contribution in [-0.2, 0) is 0 Å². The van der Waals surface area contributed by atoms with E-state index in [2.05, 4.69) is 14.9 Å². The van der Waals surface area contributed by atoms with Crippen LogP contribution < -0.4 is 14.8 Å². The third-order valence-electron chi connectivity index (χ3n) is 4.68. The van der Waals surface area contributed by atoms with E-state index >= 15 is 0 Å². The van der Waals surface area contributed by atoms with Crippen LogP contribution in [0.2, 0.25) is 0 Å². The smallest absolute Gasteiger partial charge is 0.265 e. The molecule has 4 rings (SSSR count). The van der Waals surface area contributed by atoms with Gasteiger partial charge in [-0.05, 0) is 54.4 Å². The number of benzene rings is 2. The maximum absolute atomic E-state index is 13.8. The van der Waals surface area contributed by atoms with E-state index in [-0.39, 0.29) is 17.8 Å². The highest BCUT2D eigenvalue weighted by Crippen LogP contribution is 2.38. The number of carbonyl (C=O) groups excluding carboxylic acids is 1. The summed E-state index contributed by atoms with van der Waals surface area (Å²) in [5.41, 5.74) is 2.88. The van der Waals surface area contributed by atoms with Crippen molar-refractivity contribution in [3.63, 3.8) is 0 Å². The number of methoxy groups -OCH3 is 1. The molecule has 1 aromatic heterocycles. The van der Waals surface area contributed by atoms with Crippen LogP contribution in [0.4, 0.5) is 4.39 Å². The number of carbonyl (C=O) groups is 1. The van der Waals surface area contributed by atoms with Crippen molar-refractivity contribution < 1.29 is 18.7 Å². The number of amides is 1. The van der Waals surface area contributed by atoms with Crippen molar-refractivity contribution in [3.05, 3.63) is 58.3 Å². The number of aromatic nitrogens is 2. The van der Waals surface area contributed by atoms with E-state index in [0.29, 0.717) is 40.7 Å². The molecule has 1 unspecified atom stereocenters. The molecule has 2 aromatic carbocycles. The zero-order valence-corrected chi connectivity index (χ0v) is 16.2. The maximum atomic E-state index is 13.8. The Morgan fingerprint density at radius 2 is 2.18 bits per heavy atom. The summed E-state index contributed by atoms with van der Waals surface area (Å²) in [5, 5.41) is 6.93. The van der Waals surface area contributed by atoms with Crippen molar-refractivity contribution in [2.75, 3.05) is 13.7 Å². The molecule has 8 heteroatoms. The Morgan fingerprint density at radius 3 is 2.93 bits per heavy atom. The molecule has 2 heterocycles. The highest BCUT2D eigenvalue weighted by molar-refractivity contribution is 7.08. The first-order valence-corrected chi connectivity index (χ1v) is 9.54. The second-order valence-corrected chi connectivity index (χ2v) is 7.20. The molecule has 3 aromatic rings. The fourth-order valence-electron chi connectivity index (χ4n) is 3.28. The molecule has 0 saturated heterocycles. The molecule has 28 heavy (non-hydrogen) atoms. The number of nitrogens with one attached hydrogen (secondary N) is 1. The van der Waals surface area contributed by atoms with Crippen molar-refractivity contribution >= 4 is 17.4 Å². The van der Waals surface area contributed by atoms with Gasteiger partial charge in [0.1, 0.15) is 22.2 Å². The van der Waals surface area contributed by atoms with E-state index in [9.17, 15) is 9.18 Å². The van der Waals surface area contributed by atoms with E-state index in [1.54, 1.807) is 20.1 Å². The van der Waals surface area contributed by atoms with Gasteiger partial charge in [0, 0.05) is 17.5 Å². The fourth-order valence-corrected chi connectivity index (χ4v) is 3.84. The van der Waals surface area contributed by atoms with Crippen molar-refractivity contribution in [2.45, 2.75) is 19.4 Å². The number of ether oxygens (including phenoxy) is 2. The number of aryl methyl sites for hydroxylation is 1. The van der Waals surface area contributed by atoms with Crippen LogP contribution in [0.15, 0.2) is 36.4 Å². The molecule has 0 fully saturated rings. The van der Waals surface area contributed by atoms with E-state index in [1.165, 1.54) is 12.1 Å². The van der Waals surface area contributed by atoms with Gasteiger partial charge >= 0.3 is 0 Å². The van der Waals surface area contributed by atoms with Gasteiger partial charge in [0.05, 0.1) is 25.5 Å². The lowest BCUT2D eigenvalue weighted by Crippen LogP contribution is -2.32. The lowest BCUT2D eigenvalue weighted by atomic mass is 9.95. The van der Waals surface area contributed by atoms with Crippen LogP contribution in [0.25, 0.3) is 11.1 Å². The van der Waals surface area contributed by atoms with Gasteiger partial charge in [0.25, 0.3) is 5.91 Å². The SMILES string of the molecule is COc1ccc(F)cc1-c1ccc2c(c1)C(NC(=O)c1snnc1C)CCO2. The number of halogens is 1. The largest absolute Gasteiger partial charge is 0.496 e.